The number of imidazole rings is 1. The van der Waals surface area contributed by atoms with Crippen LogP contribution in [0.1, 0.15) is 21.7 Å². The van der Waals surface area contributed by atoms with Gasteiger partial charge in [-0.1, -0.05) is 6.07 Å². The van der Waals surface area contributed by atoms with E-state index in [-0.39, 0.29) is 5.91 Å². The number of methoxy groups -OCH3 is 2. The third-order valence-corrected chi connectivity index (χ3v) is 4.01. The topological polar surface area (TPSA) is 91.2 Å². The Morgan fingerprint density at radius 2 is 1.81 bits per heavy atom. The smallest absolute Gasteiger partial charge is 0.259 e. The average molecular weight is 353 g/mol. The molecule has 0 aliphatic carbocycles. The van der Waals surface area contributed by atoms with E-state index >= 15 is 0 Å². The van der Waals surface area contributed by atoms with Crippen molar-refractivity contribution in [2.75, 3.05) is 19.5 Å². The maximum Gasteiger partial charge on any atom is 0.259 e. The van der Waals surface area contributed by atoms with Gasteiger partial charge in [0.2, 0.25) is 5.95 Å². The zero-order valence-electron chi connectivity index (χ0n) is 15.0. The summed E-state index contributed by atoms with van der Waals surface area (Å²) in [6.07, 6.45) is 4.75. The number of carbonyl (C=O) groups is 1. The number of carbonyl (C=O) groups excluding carboxylic acids is 1. The van der Waals surface area contributed by atoms with E-state index in [1.807, 2.05) is 13.8 Å². The number of amides is 1. The van der Waals surface area contributed by atoms with Crippen LogP contribution in [0.15, 0.2) is 36.9 Å². The molecule has 8 nitrogen and oxygen atoms in total. The van der Waals surface area contributed by atoms with E-state index in [9.17, 15) is 4.79 Å². The normalized spacial score (nSPS) is 10.5. The summed E-state index contributed by atoms with van der Waals surface area (Å²) in [6.45, 7) is 3.86. The van der Waals surface area contributed by atoms with Crippen LogP contribution in [0.5, 0.6) is 11.5 Å². The summed E-state index contributed by atoms with van der Waals surface area (Å²) in [7, 11) is 3.01. The SMILES string of the molecule is COc1cccc(C(=O)Nc2cnc(-n3cnc(C)c3C)nc2)c1OC. The molecule has 0 unspecified atom stereocenters. The second kappa shape index (κ2) is 7.22. The Labute approximate surface area is 150 Å². The van der Waals surface area contributed by atoms with E-state index in [4.69, 9.17) is 9.47 Å². The summed E-state index contributed by atoms with van der Waals surface area (Å²) >= 11 is 0. The highest BCUT2D eigenvalue weighted by Crippen LogP contribution is 2.31. The molecule has 0 saturated carbocycles. The monoisotopic (exact) mass is 353 g/mol. The molecule has 0 aliphatic heterocycles. The maximum absolute atomic E-state index is 12.6. The number of aromatic nitrogens is 4. The van der Waals surface area contributed by atoms with Crippen LogP contribution in [0, 0.1) is 13.8 Å². The first-order valence-electron chi connectivity index (χ1n) is 7.90. The number of anilines is 1. The van der Waals surface area contributed by atoms with E-state index in [0.29, 0.717) is 28.7 Å². The molecule has 0 fully saturated rings. The maximum atomic E-state index is 12.6. The van der Waals surface area contributed by atoms with Crippen LogP contribution >= 0.6 is 0 Å². The molecule has 1 amide bonds. The molecule has 1 N–H and O–H groups in total. The number of hydrogen-bond acceptors (Lipinski definition) is 6. The molecule has 8 heteroatoms. The molecular formula is C18H19N5O3. The van der Waals surface area contributed by atoms with Crippen LogP contribution in [0.4, 0.5) is 5.69 Å². The minimum Gasteiger partial charge on any atom is -0.493 e. The van der Waals surface area contributed by atoms with Crippen molar-refractivity contribution in [3.8, 4) is 17.4 Å². The van der Waals surface area contributed by atoms with Crippen molar-refractivity contribution in [1.29, 1.82) is 0 Å². The number of benzene rings is 1. The fraction of sp³-hybridized carbons (Fsp3) is 0.222. The van der Waals surface area contributed by atoms with Gasteiger partial charge in [0, 0.05) is 5.69 Å². The van der Waals surface area contributed by atoms with Gasteiger partial charge in [0.05, 0.1) is 43.6 Å². The Morgan fingerprint density at radius 1 is 1.08 bits per heavy atom. The first-order chi connectivity index (χ1) is 12.5. The quantitative estimate of drug-likeness (QED) is 0.758. The van der Waals surface area contributed by atoms with Gasteiger partial charge in [0.15, 0.2) is 11.5 Å². The molecule has 3 aromatic rings. The Hall–Kier alpha value is -3.42. The lowest BCUT2D eigenvalue weighted by atomic mass is 10.1. The first kappa shape index (κ1) is 17.4. The Bertz CT molecular complexity index is 934. The molecular weight excluding hydrogens is 334 g/mol. The number of aryl methyl sites for hydroxylation is 1. The summed E-state index contributed by atoms with van der Waals surface area (Å²) in [4.78, 5) is 25.4. The third kappa shape index (κ3) is 3.21. The molecule has 2 aromatic heterocycles. The lowest BCUT2D eigenvalue weighted by Crippen LogP contribution is -2.14. The third-order valence-electron chi connectivity index (χ3n) is 4.01. The molecule has 0 aliphatic rings. The predicted octanol–water partition coefficient (Wildman–Crippen LogP) is 2.55. The van der Waals surface area contributed by atoms with E-state index < -0.39 is 0 Å². The van der Waals surface area contributed by atoms with E-state index in [0.717, 1.165) is 11.4 Å². The second-order valence-corrected chi connectivity index (χ2v) is 5.55. The summed E-state index contributed by atoms with van der Waals surface area (Å²) in [6, 6.07) is 5.10. The van der Waals surface area contributed by atoms with Crippen molar-refractivity contribution in [3.05, 3.63) is 53.9 Å². The van der Waals surface area contributed by atoms with Crippen LogP contribution < -0.4 is 14.8 Å². The van der Waals surface area contributed by atoms with Gasteiger partial charge in [0.25, 0.3) is 5.91 Å². The van der Waals surface area contributed by atoms with E-state index in [2.05, 4.69) is 20.3 Å². The van der Waals surface area contributed by atoms with Gasteiger partial charge in [0.1, 0.15) is 6.33 Å². The Balaban J connectivity index is 1.82. The fourth-order valence-corrected chi connectivity index (χ4v) is 2.47. The van der Waals surface area contributed by atoms with Gasteiger partial charge in [-0.2, -0.15) is 0 Å². The number of nitrogens with one attached hydrogen (secondary N) is 1. The molecule has 134 valence electrons. The van der Waals surface area contributed by atoms with Crippen LogP contribution in [0.3, 0.4) is 0 Å². The van der Waals surface area contributed by atoms with Crippen LogP contribution in [0.2, 0.25) is 0 Å². The zero-order chi connectivity index (χ0) is 18.7. The van der Waals surface area contributed by atoms with Crippen LogP contribution in [0.25, 0.3) is 5.95 Å². The molecule has 3 rings (SSSR count). The molecule has 0 bridgehead atoms. The Morgan fingerprint density at radius 3 is 2.38 bits per heavy atom. The van der Waals surface area contributed by atoms with Crippen molar-refractivity contribution >= 4 is 11.6 Å². The van der Waals surface area contributed by atoms with Crippen LogP contribution in [-0.2, 0) is 0 Å². The van der Waals surface area contributed by atoms with Crippen molar-refractivity contribution in [1.82, 2.24) is 19.5 Å². The van der Waals surface area contributed by atoms with Crippen LogP contribution in [-0.4, -0.2) is 39.6 Å². The first-order valence-corrected chi connectivity index (χ1v) is 7.90. The zero-order valence-corrected chi connectivity index (χ0v) is 15.0. The molecule has 0 saturated heterocycles. The van der Waals surface area contributed by atoms with Gasteiger partial charge in [-0.25, -0.2) is 15.0 Å². The lowest BCUT2D eigenvalue weighted by molar-refractivity contribution is 0.102. The molecule has 0 radical (unpaired) electrons. The standard InChI is InChI=1S/C18H19N5O3/c1-11-12(2)23(10-21-11)18-19-8-13(9-20-18)22-17(24)14-6-5-7-15(25-3)16(14)26-4/h5-10H,1-4H3,(H,22,24). The van der Waals surface area contributed by atoms with Gasteiger partial charge in [-0.3, -0.25) is 9.36 Å². The van der Waals surface area contributed by atoms with Gasteiger partial charge in [-0.15, -0.1) is 0 Å². The highest BCUT2D eigenvalue weighted by Gasteiger charge is 2.17. The molecule has 0 spiro atoms. The van der Waals surface area contributed by atoms with Gasteiger partial charge < -0.3 is 14.8 Å². The lowest BCUT2D eigenvalue weighted by Gasteiger charge is -2.12. The van der Waals surface area contributed by atoms with Crippen molar-refractivity contribution in [2.45, 2.75) is 13.8 Å². The van der Waals surface area contributed by atoms with Crippen molar-refractivity contribution < 1.29 is 14.3 Å². The van der Waals surface area contributed by atoms with Crippen molar-refractivity contribution in [3.63, 3.8) is 0 Å². The molecule has 0 atom stereocenters. The highest BCUT2D eigenvalue weighted by molar-refractivity contribution is 6.06. The van der Waals surface area contributed by atoms with Crippen molar-refractivity contribution in [2.24, 2.45) is 0 Å². The predicted molar refractivity (Wildman–Crippen MR) is 96.1 cm³/mol. The highest BCUT2D eigenvalue weighted by atomic mass is 16.5. The summed E-state index contributed by atoms with van der Waals surface area (Å²) in [5, 5.41) is 2.76. The van der Waals surface area contributed by atoms with E-state index in [1.54, 1.807) is 41.5 Å². The largest absolute Gasteiger partial charge is 0.493 e. The summed E-state index contributed by atoms with van der Waals surface area (Å²) in [5.74, 6) is 0.999. The minimum atomic E-state index is -0.341. The summed E-state index contributed by atoms with van der Waals surface area (Å²) < 4.78 is 12.3. The average Bonchev–Trinajstić information content (AvgIpc) is 3.00. The minimum absolute atomic E-state index is 0.341. The number of para-hydroxylation sites is 1. The number of rotatable bonds is 5. The molecule has 1 aromatic carbocycles. The molecule has 26 heavy (non-hydrogen) atoms. The Kier molecular flexibility index (Phi) is 4.83. The van der Waals surface area contributed by atoms with Gasteiger partial charge >= 0.3 is 0 Å². The number of hydrogen-bond donors (Lipinski definition) is 1. The number of ether oxygens (including phenoxy) is 2. The number of nitrogens with zero attached hydrogens (tertiary/aromatic N) is 4. The van der Waals surface area contributed by atoms with E-state index in [1.165, 1.54) is 14.2 Å². The molecule has 2 heterocycles. The fourth-order valence-electron chi connectivity index (χ4n) is 2.47. The second-order valence-electron chi connectivity index (χ2n) is 5.55. The van der Waals surface area contributed by atoms with Gasteiger partial charge in [-0.05, 0) is 26.0 Å². The summed E-state index contributed by atoms with van der Waals surface area (Å²) in [5.41, 5.74) is 2.70.